The molecule has 78 valence electrons. The number of rotatable bonds is 3. The van der Waals surface area contributed by atoms with Gasteiger partial charge in [-0.2, -0.15) is 0 Å². The highest BCUT2D eigenvalue weighted by molar-refractivity contribution is 5.78. The van der Waals surface area contributed by atoms with Crippen molar-refractivity contribution >= 4 is 5.97 Å². The molecule has 2 unspecified atom stereocenters. The van der Waals surface area contributed by atoms with Crippen molar-refractivity contribution in [3.8, 4) is 0 Å². The van der Waals surface area contributed by atoms with E-state index >= 15 is 0 Å². The Balaban J connectivity index is 0. The first kappa shape index (κ1) is 14.4. The van der Waals surface area contributed by atoms with Crippen LogP contribution in [0, 0.1) is 0 Å². The zero-order valence-electron chi connectivity index (χ0n) is 6.33. The van der Waals surface area contributed by atoms with Gasteiger partial charge in [0.1, 0.15) is 0 Å². The molecule has 0 amide bonds. The highest BCUT2D eigenvalue weighted by Crippen LogP contribution is 2.09. The molecular weight excluding hydrogens is 196 g/mol. The highest BCUT2D eigenvalue weighted by Gasteiger charge is 2.27. The Bertz CT molecular complexity index is 152. The molecule has 0 fully saturated rings. The third-order valence-corrected chi connectivity index (χ3v) is 0.678. The average Bonchev–Trinajstić information content (AvgIpc) is 2.03. The van der Waals surface area contributed by atoms with Crippen LogP contribution < -0.4 is 0 Å². The van der Waals surface area contributed by atoms with Crippen LogP contribution in [0.2, 0.25) is 0 Å². The molecular formula is C6H8F4O3. The summed E-state index contributed by atoms with van der Waals surface area (Å²) in [7, 11) is 0. The summed E-state index contributed by atoms with van der Waals surface area (Å²) < 4.78 is 44.1. The van der Waals surface area contributed by atoms with Gasteiger partial charge in [-0.25, -0.2) is 22.4 Å². The Morgan fingerprint density at radius 1 is 1.31 bits per heavy atom. The Hall–Kier alpha value is -1.11. The lowest BCUT2D eigenvalue weighted by Gasteiger charge is -2.04. The van der Waals surface area contributed by atoms with Crippen LogP contribution in [0.5, 0.6) is 0 Å². The molecule has 0 aromatic rings. The minimum atomic E-state index is -3.45. The molecule has 0 heterocycles. The number of alkyl halides is 4. The van der Waals surface area contributed by atoms with Gasteiger partial charge in [-0.05, 0) is 0 Å². The number of hydrogen-bond donors (Lipinski definition) is 2. The number of carboxylic acid groups (broad SMARTS) is 1. The van der Waals surface area contributed by atoms with Crippen LogP contribution in [0.1, 0.15) is 0 Å². The Morgan fingerprint density at radius 3 is 1.62 bits per heavy atom. The summed E-state index contributed by atoms with van der Waals surface area (Å²) in [6.07, 6.45) is -8.76. The second kappa shape index (κ2) is 7.53. The molecule has 0 spiro atoms. The molecule has 3 nitrogen and oxygen atoms in total. The van der Waals surface area contributed by atoms with Gasteiger partial charge in [-0.15, -0.1) is 0 Å². The summed E-state index contributed by atoms with van der Waals surface area (Å²) in [6, 6.07) is 0. The molecule has 7 heteroatoms. The van der Waals surface area contributed by atoms with Gasteiger partial charge >= 0.3 is 5.97 Å². The third-order valence-electron chi connectivity index (χ3n) is 0.678. The monoisotopic (exact) mass is 204 g/mol. The first-order valence-electron chi connectivity index (χ1n) is 2.92. The smallest absolute Gasteiger partial charge is 0.327 e. The summed E-state index contributed by atoms with van der Waals surface area (Å²) in [6.45, 7) is 2.96. The molecule has 0 saturated heterocycles. The molecule has 2 N–H and O–H groups in total. The zero-order chi connectivity index (χ0) is 11.0. The van der Waals surface area contributed by atoms with Crippen LogP contribution in [-0.2, 0) is 4.79 Å². The third kappa shape index (κ3) is 10.9. The lowest BCUT2D eigenvalue weighted by atomic mass is 10.4. The van der Waals surface area contributed by atoms with Crippen LogP contribution in [0.25, 0.3) is 0 Å². The van der Waals surface area contributed by atoms with E-state index in [1.54, 1.807) is 0 Å². The number of carbonyl (C=O) groups is 1. The van der Waals surface area contributed by atoms with Crippen molar-refractivity contribution in [1.29, 1.82) is 0 Å². The van der Waals surface area contributed by atoms with Crippen molar-refractivity contribution in [3.63, 3.8) is 0 Å². The van der Waals surface area contributed by atoms with E-state index in [9.17, 15) is 22.4 Å². The predicted molar refractivity (Wildman–Crippen MR) is 35.8 cm³/mol. The van der Waals surface area contributed by atoms with Gasteiger partial charge in [0.05, 0.1) is 0 Å². The molecule has 0 bridgehead atoms. The largest absolute Gasteiger partial charge is 0.478 e. The minimum absolute atomic E-state index is 0.833. The second-order valence-electron chi connectivity index (χ2n) is 1.69. The van der Waals surface area contributed by atoms with E-state index in [0.29, 0.717) is 0 Å². The van der Waals surface area contributed by atoms with E-state index in [1.807, 2.05) is 0 Å². The second-order valence-corrected chi connectivity index (χ2v) is 1.69. The van der Waals surface area contributed by atoms with E-state index in [0.717, 1.165) is 6.08 Å². The molecule has 2 atom stereocenters. The molecule has 0 aliphatic rings. The maximum absolute atomic E-state index is 11.3. The van der Waals surface area contributed by atoms with Crippen molar-refractivity contribution in [1.82, 2.24) is 0 Å². The predicted octanol–water partition coefficient (Wildman–Crippen LogP) is 1.13. The Kier molecular flexibility index (Phi) is 8.36. The molecule has 0 aromatic carbocycles. The van der Waals surface area contributed by atoms with E-state index in [-0.39, 0.29) is 0 Å². The fourth-order valence-electron chi connectivity index (χ4n) is 0.120. The van der Waals surface area contributed by atoms with Gasteiger partial charge in [0.25, 0.3) is 6.43 Å². The maximum atomic E-state index is 11.3. The SMILES string of the molecule is C=CC(=O)O.OC(F)C(F)C(F)F. The van der Waals surface area contributed by atoms with Crippen LogP contribution >= 0.6 is 0 Å². The van der Waals surface area contributed by atoms with Gasteiger partial charge < -0.3 is 10.2 Å². The molecule has 0 aromatic heterocycles. The van der Waals surface area contributed by atoms with E-state index in [2.05, 4.69) is 6.58 Å². The van der Waals surface area contributed by atoms with Crippen molar-refractivity contribution in [2.45, 2.75) is 19.0 Å². The highest BCUT2D eigenvalue weighted by atomic mass is 19.3. The number of carboxylic acids is 1. The Morgan fingerprint density at radius 2 is 1.62 bits per heavy atom. The minimum Gasteiger partial charge on any atom is -0.478 e. The maximum Gasteiger partial charge on any atom is 0.327 e. The topological polar surface area (TPSA) is 57.5 Å². The standard InChI is InChI=1S/C3H4F4O.C3H4O2/c4-1(2(5)6)3(7)8;1-2-3(4)5/h1-3,8H;2H,1H2,(H,4,5). The molecule has 13 heavy (non-hydrogen) atoms. The average molecular weight is 204 g/mol. The van der Waals surface area contributed by atoms with Gasteiger partial charge in [0.15, 0.2) is 0 Å². The normalized spacial score (nSPS) is 14.0. The number of halogens is 4. The first-order valence-corrected chi connectivity index (χ1v) is 2.92. The fraction of sp³-hybridized carbons (Fsp3) is 0.500. The molecule has 0 radical (unpaired) electrons. The van der Waals surface area contributed by atoms with Crippen LogP contribution in [0.15, 0.2) is 12.7 Å². The van der Waals surface area contributed by atoms with Crippen molar-refractivity contribution < 1.29 is 32.6 Å². The van der Waals surface area contributed by atoms with Crippen molar-refractivity contribution in [2.24, 2.45) is 0 Å². The van der Waals surface area contributed by atoms with Crippen molar-refractivity contribution in [3.05, 3.63) is 12.7 Å². The van der Waals surface area contributed by atoms with Crippen LogP contribution in [-0.4, -0.2) is 35.1 Å². The number of aliphatic hydroxyl groups excluding tert-OH is 1. The molecule has 0 aliphatic heterocycles. The lowest BCUT2D eigenvalue weighted by molar-refractivity contribution is -0.131. The van der Waals surface area contributed by atoms with Crippen LogP contribution in [0.4, 0.5) is 17.6 Å². The van der Waals surface area contributed by atoms with E-state index < -0.39 is 24.9 Å². The van der Waals surface area contributed by atoms with Gasteiger partial charge in [-0.3, -0.25) is 0 Å². The first-order chi connectivity index (χ1) is 5.82. The summed E-state index contributed by atoms with van der Waals surface area (Å²) in [5.74, 6) is -0.981. The van der Waals surface area contributed by atoms with Crippen LogP contribution in [0.3, 0.4) is 0 Å². The number of hydrogen-bond acceptors (Lipinski definition) is 2. The molecule has 0 aliphatic carbocycles. The van der Waals surface area contributed by atoms with Gasteiger partial charge in [-0.1, -0.05) is 6.58 Å². The lowest BCUT2D eigenvalue weighted by Crippen LogP contribution is -2.24. The van der Waals surface area contributed by atoms with E-state index in [4.69, 9.17) is 10.2 Å². The Labute approximate surface area is 71.3 Å². The van der Waals surface area contributed by atoms with Gasteiger partial charge in [0, 0.05) is 6.08 Å². The van der Waals surface area contributed by atoms with Gasteiger partial charge in [0.2, 0.25) is 12.5 Å². The van der Waals surface area contributed by atoms with Crippen molar-refractivity contribution in [2.75, 3.05) is 0 Å². The summed E-state index contributed by atoms with van der Waals surface area (Å²) in [5.41, 5.74) is 0. The summed E-state index contributed by atoms with van der Waals surface area (Å²) in [4.78, 5) is 9.25. The molecule has 0 saturated carbocycles. The zero-order valence-corrected chi connectivity index (χ0v) is 6.33. The number of aliphatic hydroxyl groups is 1. The quantitative estimate of drug-likeness (QED) is 0.535. The van der Waals surface area contributed by atoms with E-state index in [1.165, 1.54) is 0 Å². The molecule has 0 rings (SSSR count). The summed E-state index contributed by atoms with van der Waals surface area (Å²) >= 11 is 0. The summed E-state index contributed by atoms with van der Waals surface area (Å²) in [5, 5.41) is 15.1. The fourth-order valence-corrected chi connectivity index (χ4v) is 0.120. The number of aliphatic carboxylic acids is 1.